The molecule has 0 bridgehead atoms. The van der Waals surface area contributed by atoms with E-state index < -0.39 is 6.10 Å². The molecule has 1 atom stereocenters. The summed E-state index contributed by atoms with van der Waals surface area (Å²) in [4.78, 5) is 8.29. The maximum absolute atomic E-state index is 10.2. The smallest absolute Gasteiger partial charge is 0.138 e. The van der Waals surface area contributed by atoms with Gasteiger partial charge in [0.25, 0.3) is 0 Å². The molecule has 0 fully saturated rings. The van der Waals surface area contributed by atoms with E-state index in [9.17, 15) is 5.11 Å². The van der Waals surface area contributed by atoms with Crippen LogP contribution in [0.1, 0.15) is 42.9 Å². The standard InChI is InChI=1S/C13H18N4O/c1-9(2)17-13(15-8-16-17)5-12(18)11-4-10(3)6-14-7-11/h4,6-9,12,18H,5H2,1-3H3. The normalized spacial score (nSPS) is 12.9. The predicted molar refractivity (Wildman–Crippen MR) is 68.0 cm³/mol. The van der Waals surface area contributed by atoms with Crippen molar-refractivity contribution in [1.82, 2.24) is 19.7 Å². The van der Waals surface area contributed by atoms with Crippen molar-refractivity contribution in [1.29, 1.82) is 0 Å². The van der Waals surface area contributed by atoms with Crippen molar-refractivity contribution >= 4 is 0 Å². The maximum atomic E-state index is 10.2. The molecule has 0 aliphatic carbocycles. The summed E-state index contributed by atoms with van der Waals surface area (Å²) < 4.78 is 1.83. The third-order valence-electron chi connectivity index (χ3n) is 2.79. The molecule has 5 nitrogen and oxygen atoms in total. The summed E-state index contributed by atoms with van der Waals surface area (Å²) in [6.07, 6.45) is 4.83. The van der Waals surface area contributed by atoms with Crippen LogP contribution in [0.15, 0.2) is 24.8 Å². The summed E-state index contributed by atoms with van der Waals surface area (Å²) in [6, 6.07) is 2.18. The van der Waals surface area contributed by atoms with Gasteiger partial charge in [-0.05, 0) is 31.9 Å². The van der Waals surface area contributed by atoms with Crippen LogP contribution in [0.4, 0.5) is 0 Å². The molecule has 0 saturated carbocycles. The Morgan fingerprint density at radius 2 is 2.11 bits per heavy atom. The van der Waals surface area contributed by atoms with E-state index in [2.05, 4.69) is 15.1 Å². The lowest BCUT2D eigenvalue weighted by Crippen LogP contribution is -2.12. The largest absolute Gasteiger partial charge is 0.388 e. The van der Waals surface area contributed by atoms with E-state index in [1.54, 1.807) is 12.4 Å². The maximum Gasteiger partial charge on any atom is 0.138 e. The molecule has 2 aromatic rings. The van der Waals surface area contributed by atoms with Crippen molar-refractivity contribution in [3.05, 3.63) is 41.7 Å². The summed E-state index contributed by atoms with van der Waals surface area (Å²) in [5.41, 5.74) is 1.85. The van der Waals surface area contributed by atoms with Gasteiger partial charge in [0.2, 0.25) is 0 Å². The minimum absolute atomic E-state index is 0.241. The molecular weight excluding hydrogens is 228 g/mol. The van der Waals surface area contributed by atoms with Crippen molar-refractivity contribution < 1.29 is 5.11 Å². The zero-order valence-electron chi connectivity index (χ0n) is 10.9. The molecule has 1 unspecified atom stereocenters. The second-order valence-corrected chi connectivity index (χ2v) is 4.73. The Labute approximate surface area is 107 Å². The van der Waals surface area contributed by atoms with Crippen LogP contribution in [0.25, 0.3) is 0 Å². The fourth-order valence-corrected chi connectivity index (χ4v) is 1.90. The number of aliphatic hydroxyl groups is 1. The number of aryl methyl sites for hydroxylation is 1. The number of aliphatic hydroxyl groups excluding tert-OH is 1. The number of aromatic nitrogens is 4. The molecule has 0 saturated heterocycles. The first-order valence-electron chi connectivity index (χ1n) is 6.06. The molecule has 2 aromatic heterocycles. The lowest BCUT2D eigenvalue weighted by atomic mass is 10.1. The topological polar surface area (TPSA) is 63.8 Å². The van der Waals surface area contributed by atoms with Gasteiger partial charge in [-0.3, -0.25) is 4.98 Å². The predicted octanol–water partition coefficient (Wildman–Crippen LogP) is 1.84. The Kier molecular flexibility index (Phi) is 3.72. The lowest BCUT2D eigenvalue weighted by molar-refractivity contribution is 0.173. The quantitative estimate of drug-likeness (QED) is 0.894. The average Bonchev–Trinajstić information content (AvgIpc) is 2.77. The van der Waals surface area contributed by atoms with Gasteiger partial charge in [0, 0.05) is 24.9 Å². The van der Waals surface area contributed by atoms with Crippen LogP contribution < -0.4 is 0 Å². The summed E-state index contributed by atoms with van der Waals surface area (Å²) in [6.45, 7) is 6.04. The first-order valence-corrected chi connectivity index (χ1v) is 6.06. The highest BCUT2D eigenvalue weighted by Crippen LogP contribution is 2.18. The van der Waals surface area contributed by atoms with Gasteiger partial charge in [-0.15, -0.1) is 0 Å². The van der Waals surface area contributed by atoms with Gasteiger partial charge in [-0.2, -0.15) is 5.10 Å². The number of rotatable bonds is 4. The minimum atomic E-state index is -0.598. The number of pyridine rings is 1. The number of hydrogen-bond acceptors (Lipinski definition) is 4. The van der Waals surface area contributed by atoms with Gasteiger partial charge >= 0.3 is 0 Å². The van der Waals surface area contributed by atoms with Crippen molar-refractivity contribution in [2.24, 2.45) is 0 Å². The van der Waals surface area contributed by atoms with Crippen LogP contribution in [0.3, 0.4) is 0 Å². The average molecular weight is 246 g/mol. The van der Waals surface area contributed by atoms with E-state index in [4.69, 9.17) is 0 Å². The van der Waals surface area contributed by atoms with E-state index >= 15 is 0 Å². The summed E-state index contributed by atoms with van der Waals surface area (Å²) >= 11 is 0. The van der Waals surface area contributed by atoms with Gasteiger partial charge in [-0.25, -0.2) is 9.67 Å². The second kappa shape index (κ2) is 5.27. The van der Waals surface area contributed by atoms with E-state index in [1.165, 1.54) is 6.33 Å². The Hall–Kier alpha value is -1.75. The van der Waals surface area contributed by atoms with Crippen LogP contribution in [0.2, 0.25) is 0 Å². The number of hydrogen-bond donors (Lipinski definition) is 1. The second-order valence-electron chi connectivity index (χ2n) is 4.73. The van der Waals surface area contributed by atoms with Crippen LogP contribution in [0.5, 0.6) is 0 Å². The summed E-state index contributed by atoms with van der Waals surface area (Å²) in [7, 11) is 0. The Morgan fingerprint density at radius 3 is 2.78 bits per heavy atom. The molecule has 0 aromatic carbocycles. The first kappa shape index (κ1) is 12.7. The SMILES string of the molecule is Cc1cncc(C(O)Cc2ncnn2C(C)C)c1. The third kappa shape index (κ3) is 2.73. The van der Waals surface area contributed by atoms with Crippen LogP contribution >= 0.6 is 0 Å². The monoisotopic (exact) mass is 246 g/mol. The highest BCUT2D eigenvalue weighted by molar-refractivity contribution is 5.19. The van der Waals surface area contributed by atoms with Gasteiger partial charge < -0.3 is 5.11 Å². The van der Waals surface area contributed by atoms with E-state index in [0.29, 0.717) is 6.42 Å². The Balaban J connectivity index is 2.16. The van der Waals surface area contributed by atoms with Crippen molar-refractivity contribution in [2.45, 2.75) is 39.3 Å². The molecule has 18 heavy (non-hydrogen) atoms. The number of nitrogens with zero attached hydrogens (tertiary/aromatic N) is 4. The molecule has 2 heterocycles. The van der Waals surface area contributed by atoms with E-state index in [0.717, 1.165) is 17.0 Å². The highest BCUT2D eigenvalue weighted by atomic mass is 16.3. The Morgan fingerprint density at radius 1 is 1.33 bits per heavy atom. The molecular formula is C13H18N4O. The van der Waals surface area contributed by atoms with Gasteiger partial charge in [0.05, 0.1) is 6.10 Å². The molecule has 2 rings (SSSR count). The molecule has 0 amide bonds. The van der Waals surface area contributed by atoms with Gasteiger partial charge in [0.15, 0.2) is 0 Å². The molecule has 1 N–H and O–H groups in total. The first-order chi connectivity index (χ1) is 8.58. The fourth-order valence-electron chi connectivity index (χ4n) is 1.90. The molecule has 0 aliphatic rings. The van der Waals surface area contributed by atoms with Crippen molar-refractivity contribution in [2.75, 3.05) is 0 Å². The van der Waals surface area contributed by atoms with Crippen molar-refractivity contribution in [3.8, 4) is 0 Å². The van der Waals surface area contributed by atoms with Crippen LogP contribution in [-0.4, -0.2) is 24.9 Å². The zero-order chi connectivity index (χ0) is 13.1. The molecule has 96 valence electrons. The molecule has 0 spiro atoms. The van der Waals surface area contributed by atoms with Crippen LogP contribution in [-0.2, 0) is 6.42 Å². The molecule has 5 heteroatoms. The Bertz CT molecular complexity index is 521. The fraction of sp³-hybridized carbons (Fsp3) is 0.462. The van der Waals surface area contributed by atoms with Gasteiger partial charge in [-0.1, -0.05) is 6.07 Å². The minimum Gasteiger partial charge on any atom is -0.388 e. The van der Waals surface area contributed by atoms with E-state index in [-0.39, 0.29) is 6.04 Å². The van der Waals surface area contributed by atoms with E-state index in [1.807, 2.05) is 31.5 Å². The summed E-state index contributed by atoms with van der Waals surface area (Å²) in [5, 5.41) is 14.4. The third-order valence-corrected chi connectivity index (χ3v) is 2.79. The van der Waals surface area contributed by atoms with Gasteiger partial charge in [0.1, 0.15) is 12.2 Å². The lowest BCUT2D eigenvalue weighted by Gasteiger charge is -2.13. The van der Waals surface area contributed by atoms with Crippen molar-refractivity contribution in [3.63, 3.8) is 0 Å². The highest BCUT2D eigenvalue weighted by Gasteiger charge is 2.15. The molecule has 0 radical (unpaired) electrons. The molecule has 0 aliphatic heterocycles. The summed E-state index contributed by atoms with van der Waals surface area (Å²) in [5.74, 6) is 0.791. The zero-order valence-corrected chi connectivity index (χ0v) is 10.9. The van der Waals surface area contributed by atoms with Crippen LogP contribution in [0, 0.1) is 6.92 Å².